The Bertz CT molecular complexity index is 1280. The maximum atomic E-state index is 14.7. The molecule has 2 heterocycles. The fourth-order valence-electron chi connectivity index (χ4n) is 4.57. The number of rotatable bonds is 8. The molecule has 0 saturated carbocycles. The van der Waals surface area contributed by atoms with E-state index in [4.69, 9.17) is 9.72 Å². The van der Waals surface area contributed by atoms with Crippen molar-refractivity contribution in [2.45, 2.75) is 27.2 Å². The minimum absolute atomic E-state index is 0.214. The maximum Gasteiger partial charge on any atom is 0.166 e. The Labute approximate surface area is 212 Å². The van der Waals surface area contributed by atoms with Gasteiger partial charge >= 0.3 is 0 Å². The van der Waals surface area contributed by atoms with Gasteiger partial charge in [0.2, 0.25) is 0 Å². The molecule has 1 aliphatic rings. The lowest BCUT2D eigenvalue weighted by molar-refractivity contribution is 0.134. The number of likely N-dealkylation sites (N-methyl/N-ethyl adjacent to an activating group) is 1. The summed E-state index contributed by atoms with van der Waals surface area (Å²) in [7, 11) is 2.14. The van der Waals surface area contributed by atoms with Crippen molar-refractivity contribution in [3.8, 4) is 16.9 Å². The first kappa shape index (κ1) is 26.0. The van der Waals surface area contributed by atoms with Crippen LogP contribution in [0.4, 0.5) is 8.78 Å². The number of pyridine rings is 1. The Hall–Kier alpha value is -3.09. The smallest absolute Gasteiger partial charge is 0.166 e. The summed E-state index contributed by atoms with van der Waals surface area (Å²) in [6.07, 6.45) is 6.94. The number of aromatic nitrogens is 1. The average molecular weight is 492 g/mol. The molecule has 190 valence electrons. The van der Waals surface area contributed by atoms with E-state index in [0.29, 0.717) is 17.9 Å². The fraction of sp³-hybridized carbons (Fsp3) is 0.367. The molecule has 1 fully saturated rings. The predicted molar refractivity (Wildman–Crippen MR) is 144 cm³/mol. The molecule has 0 bridgehead atoms. The van der Waals surface area contributed by atoms with Gasteiger partial charge in [0.15, 0.2) is 11.6 Å². The summed E-state index contributed by atoms with van der Waals surface area (Å²) in [6, 6.07) is 9.99. The van der Waals surface area contributed by atoms with Gasteiger partial charge in [0.25, 0.3) is 0 Å². The summed E-state index contributed by atoms with van der Waals surface area (Å²) < 4.78 is 35.1. The lowest BCUT2D eigenvalue weighted by Gasteiger charge is -2.32. The van der Waals surface area contributed by atoms with Gasteiger partial charge in [0, 0.05) is 43.7 Å². The summed E-state index contributed by atoms with van der Waals surface area (Å²) in [4.78, 5) is 9.70. The van der Waals surface area contributed by atoms with Gasteiger partial charge in [-0.15, -0.1) is 0 Å². The molecule has 0 aliphatic carbocycles. The van der Waals surface area contributed by atoms with Gasteiger partial charge in [0.05, 0.1) is 5.69 Å². The first-order valence-corrected chi connectivity index (χ1v) is 12.7. The molecular weight excluding hydrogens is 456 g/mol. The average Bonchev–Trinajstić information content (AvgIpc) is 2.87. The van der Waals surface area contributed by atoms with Crippen LogP contribution in [0.2, 0.25) is 0 Å². The van der Waals surface area contributed by atoms with Crippen molar-refractivity contribution in [3.05, 3.63) is 77.5 Å². The Balaban J connectivity index is 1.76. The second-order valence-electron chi connectivity index (χ2n) is 9.36. The Kier molecular flexibility index (Phi) is 8.49. The van der Waals surface area contributed by atoms with E-state index in [1.54, 1.807) is 12.1 Å². The monoisotopic (exact) mass is 491 g/mol. The molecule has 0 atom stereocenters. The number of benzene rings is 2. The number of allylic oxidation sites excluding steroid dienone is 4. The van der Waals surface area contributed by atoms with Crippen molar-refractivity contribution in [1.29, 1.82) is 0 Å². The van der Waals surface area contributed by atoms with Crippen LogP contribution >= 0.6 is 0 Å². The minimum atomic E-state index is -0.864. The molecule has 0 unspecified atom stereocenters. The van der Waals surface area contributed by atoms with E-state index in [0.717, 1.165) is 72.9 Å². The van der Waals surface area contributed by atoms with Crippen LogP contribution in [-0.2, 0) is 0 Å². The van der Waals surface area contributed by atoms with Crippen LogP contribution in [0.25, 0.3) is 27.6 Å². The molecule has 0 N–H and O–H groups in total. The van der Waals surface area contributed by atoms with E-state index in [9.17, 15) is 8.78 Å². The molecule has 4 rings (SSSR count). The first-order chi connectivity index (χ1) is 17.4. The zero-order valence-electron chi connectivity index (χ0n) is 21.7. The third-order valence-electron chi connectivity index (χ3n) is 6.81. The number of piperazine rings is 1. The van der Waals surface area contributed by atoms with Gasteiger partial charge in [-0.2, -0.15) is 0 Å². The number of aryl methyl sites for hydroxylation is 1. The molecule has 36 heavy (non-hydrogen) atoms. The van der Waals surface area contributed by atoms with Crippen molar-refractivity contribution >= 4 is 16.5 Å². The summed E-state index contributed by atoms with van der Waals surface area (Å²) in [5, 5.41) is 0.871. The fourth-order valence-corrected chi connectivity index (χ4v) is 4.57. The van der Waals surface area contributed by atoms with Crippen LogP contribution in [0.1, 0.15) is 31.5 Å². The van der Waals surface area contributed by atoms with Gasteiger partial charge in [0.1, 0.15) is 17.9 Å². The topological polar surface area (TPSA) is 28.6 Å². The van der Waals surface area contributed by atoms with Gasteiger partial charge in [-0.05, 0) is 68.3 Å². The molecule has 0 amide bonds. The van der Waals surface area contributed by atoms with Crippen molar-refractivity contribution in [3.63, 3.8) is 0 Å². The number of hydrogen-bond donors (Lipinski definition) is 0. The number of halogens is 2. The van der Waals surface area contributed by atoms with Gasteiger partial charge in [-0.25, -0.2) is 13.8 Å². The highest BCUT2D eigenvalue weighted by atomic mass is 19.2. The van der Waals surface area contributed by atoms with Gasteiger partial charge in [-0.3, -0.25) is 4.90 Å². The Morgan fingerprint density at radius 3 is 2.61 bits per heavy atom. The third-order valence-corrected chi connectivity index (χ3v) is 6.81. The molecule has 0 radical (unpaired) electrons. The van der Waals surface area contributed by atoms with Gasteiger partial charge in [-0.1, -0.05) is 37.3 Å². The first-order valence-electron chi connectivity index (χ1n) is 12.7. The van der Waals surface area contributed by atoms with Crippen LogP contribution in [0.15, 0.2) is 54.6 Å². The zero-order chi connectivity index (χ0) is 25.7. The van der Waals surface area contributed by atoms with E-state index in [1.165, 1.54) is 6.07 Å². The molecular formula is C30H35F2N3O. The highest BCUT2D eigenvalue weighted by molar-refractivity contribution is 5.93. The van der Waals surface area contributed by atoms with E-state index in [-0.39, 0.29) is 5.56 Å². The maximum absolute atomic E-state index is 14.7. The van der Waals surface area contributed by atoms with E-state index in [1.807, 2.05) is 32.1 Å². The Morgan fingerprint density at radius 2 is 1.89 bits per heavy atom. The highest BCUT2D eigenvalue weighted by Gasteiger charge is 2.18. The summed E-state index contributed by atoms with van der Waals surface area (Å²) in [5.41, 5.74) is 4.57. The number of hydrogen-bond acceptors (Lipinski definition) is 4. The standard InChI is InChI=1S/C30H35F2N3O/c1-5-7-9-22(6-2)27-18-21(3)25-19-23(24-10-8-11-26(31)29(24)32)20-28(30(25)33-27)36-17-16-35-14-12-34(4)13-15-35/h5,7-11,18-20H,6,12-17H2,1-4H3/b7-5-,22-9+. The molecule has 1 saturated heterocycles. The lowest BCUT2D eigenvalue weighted by atomic mass is 9.98. The molecule has 1 aliphatic heterocycles. The number of nitrogens with zero attached hydrogens (tertiary/aromatic N) is 3. The lowest BCUT2D eigenvalue weighted by Crippen LogP contribution is -2.45. The minimum Gasteiger partial charge on any atom is -0.490 e. The number of fused-ring (bicyclic) bond motifs is 1. The van der Waals surface area contributed by atoms with E-state index >= 15 is 0 Å². The normalized spacial score (nSPS) is 15.8. The Morgan fingerprint density at radius 1 is 1.11 bits per heavy atom. The van der Waals surface area contributed by atoms with Crippen LogP contribution < -0.4 is 4.74 Å². The van der Waals surface area contributed by atoms with Crippen molar-refractivity contribution in [2.75, 3.05) is 46.4 Å². The zero-order valence-corrected chi connectivity index (χ0v) is 21.7. The molecule has 2 aromatic carbocycles. The largest absolute Gasteiger partial charge is 0.490 e. The molecule has 1 aromatic heterocycles. The van der Waals surface area contributed by atoms with E-state index < -0.39 is 11.6 Å². The number of ether oxygens (including phenoxy) is 1. The summed E-state index contributed by atoms with van der Waals surface area (Å²) >= 11 is 0. The predicted octanol–water partition coefficient (Wildman–Crippen LogP) is 6.48. The quantitative estimate of drug-likeness (QED) is 0.337. The van der Waals surface area contributed by atoms with Crippen molar-refractivity contribution in [1.82, 2.24) is 14.8 Å². The van der Waals surface area contributed by atoms with Crippen LogP contribution in [0, 0.1) is 18.6 Å². The second-order valence-corrected chi connectivity index (χ2v) is 9.36. The van der Waals surface area contributed by atoms with Crippen molar-refractivity contribution < 1.29 is 13.5 Å². The molecule has 4 nitrogen and oxygen atoms in total. The van der Waals surface area contributed by atoms with Crippen LogP contribution in [-0.4, -0.2) is 61.2 Å². The summed E-state index contributed by atoms with van der Waals surface area (Å²) in [5.74, 6) is -1.13. The summed E-state index contributed by atoms with van der Waals surface area (Å²) in [6.45, 7) is 11.5. The van der Waals surface area contributed by atoms with Gasteiger partial charge < -0.3 is 9.64 Å². The van der Waals surface area contributed by atoms with Crippen LogP contribution in [0.5, 0.6) is 5.75 Å². The third kappa shape index (κ3) is 5.82. The van der Waals surface area contributed by atoms with Crippen molar-refractivity contribution in [2.24, 2.45) is 0 Å². The van der Waals surface area contributed by atoms with E-state index in [2.05, 4.69) is 35.9 Å². The highest BCUT2D eigenvalue weighted by Crippen LogP contribution is 2.36. The molecule has 6 heteroatoms. The molecule has 0 spiro atoms. The van der Waals surface area contributed by atoms with Crippen LogP contribution in [0.3, 0.4) is 0 Å². The molecule has 3 aromatic rings. The second kappa shape index (κ2) is 11.8. The SMILES string of the molecule is C/C=C\C=C(/CC)c1cc(C)c2cc(-c3cccc(F)c3F)cc(OCCN3CCN(C)CC3)c2n1.